The molecule has 0 saturated heterocycles. The third-order valence-electron chi connectivity index (χ3n) is 6.06. The summed E-state index contributed by atoms with van der Waals surface area (Å²) >= 11 is 0. The second-order valence-corrected chi connectivity index (χ2v) is 9.07. The minimum atomic E-state index is -0.166. The van der Waals surface area contributed by atoms with Crippen LogP contribution in [0.25, 0.3) is 10.9 Å². The Morgan fingerprint density at radius 2 is 1.50 bits per heavy atom. The molecule has 2 heterocycles. The molecule has 7 nitrogen and oxygen atoms in total. The van der Waals surface area contributed by atoms with Crippen molar-refractivity contribution in [2.75, 3.05) is 34.9 Å². The number of rotatable bonds is 7. The molecule has 8 heteroatoms. The van der Waals surface area contributed by atoms with Crippen molar-refractivity contribution in [1.29, 1.82) is 0 Å². The first-order valence-corrected chi connectivity index (χ1v) is 12.0. The van der Waals surface area contributed by atoms with Crippen molar-refractivity contribution in [1.82, 2.24) is 4.98 Å². The van der Waals surface area contributed by atoms with Gasteiger partial charge in [-0.2, -0.15) is 0 Å². The summed E-state index contributed by atoms with van der Waals surface area (Å²) in [5.74, 6) is -0.166. The number of carbonyl (C=O) groups is 1. The monoisotopic (exact) mass is 524 g/mol. The van der Waals surface area contributed by atoms with Crippen LogP contribution in [0.1, 0.15) is 10.4 Å². The quantitative estimate of drug-likeness (QED) is 0.286. The summed E-state index contributed by atoms with van der Waals surface area (Å²) in [5.41, 5.74) is 7.05. The number of hydrogen-bond acceptors (Lipinski definition) is 5. The van der Waals surface area contributed by atoms with Crippen LogP contribution in [0.2, 0.25) is 0 Å². The van der Waals surface area contributed by atoms with Crippen molar-refractivity contribution in [3.8, 4) is 0 Å². The van der Waals surface area contributed by atoms with E-state index in [0.717, 1.165) is 45.0 Å². The van der Waals surface area contributed by atoms with Gasteiger partial charge in [-0.05, 0) is 66.7 Å². The lowest BCUT2D eigenvalue weighted by molar-refractivity contribution is -0.671. The Balaban J connectivity index is 0.00000336. The standard InChI is InChI=1S/C30H28N6O.ClH/c1-35(2)26-11-12-28-27(20-26)29(13-16-31-28)33-22-9-7-21(8-10-22)30(37)34-25-6-4-5-24(19-25)32-23-14-17-36(3)18-15-23;/h4-20H,1-3H3,(H2,31,33,34,37);1H. The van der Waals surface area contributed by atoms with E-state index in [0.29, 0.717) is 5.56 Å². The van der Waals surface area contributed by atoms with Crippen LogP contribution in [-0.4, -0.2) is 25.0 Å². The molecule has 0 radical (unpaired) electrons. The Labute approximate surface area is 228 Å². The predicted molar refractivity (Wildman–Crippen MR) is 151 cm³/mol. The topological polar surface area (TPSA) is 73.2 Å². The first-order valence-electron chi connectivity index (χ1n) is 12.0. The van der Waals surface area contributed by atoms with Gasteiger partial charge in [0, 0.05) is 71.8 Å². The zero-order valence-corrected chi connectivity index (χ0v) is 22.2. The van der Waals surface area contributed by atoms with Crippen LogP contribution in [0.5, 0.6) is 0 Å². The molecular formula is C30H29ClN6O. The molecule has 0 aliphatic rings. The molecule has 1 amide bonds. The Morgan fingerprint density at radius 3 is 2.24 bits per heavy atom. The first-order chi connectivity index (χ1) is 17.9. The summed E-state index contributed by atoms with van der Waals surface area (Å²) in [6.07, 6.45) is 5.75. The minimum Gasteiger partial charge on any atom is -1.00 e. The van der Waals surface area contributed by atoms with Gasteiger partial charge in [0.05, 0.1) is 11.2 Å². The highest BCUT2D eigenvalue weighted by Crippen LogP contribution is 2.28. The van der Waals surface area contributed by atoms with Crippen LogP contribution in [0, 0.1) is 0 Å². The Kier molecular flexibility index (Phi) is 8.09. The molecule has 0 fully saturated rings. The van der Waals surface area contributed by atoms with E-state index in [1.165, 1.54) is 0 Å². The Bertz CT molecular complexity index is 1550. The van der Waals surface area contributed by atoms with Crippen LogP contribution >= 0.6 is 0 Å². The molecule has 0 bridgehead atoms. The fraction of sp³-hybridized carbons (Fsp3) is 0.100. The van der Waals surface area contributed by atoms with E-state index in [2.05, 4.69) is 38.0 Å². The lowest BCUT2D eigenvalue weighted by atomic mass is 10.1. The average molecular weight is 525 g/mol. The van der Waals surface area contributed by atoms with E-state index in [9.17, 15) is 4.79 Å². The summed E-state index contributed by atoms with van der Waals surface area (Å²) in [4.78, 5) is 19.4. The highest BCUT2D eigenvalue weighted by atomic mass is 35.5. The smallest absolute Gasteiger partial charge is 0.255 e. The summed E-state index contributed by atoms with van der Waals surface area (Å²) in [6, 6.07) is 27.3. The molecule has 3 aromatic carbocycles. The molecule has 0 saturated carbocycles. The van der Waals surface area contributed by atoms with E-state index < -0.39 is 0 Å². The van der Waals surface area contributed by atoms with Gasteiger partial charge in [-0.25, -0.2) is 4.57 Å². The highest BCUT2D eigenvalue weighted by Gasteiger charge is 2.09. The molecule has 38 heavy (non-hydrogen) atoms. The second-order valence-electron chi connectivity index (χ2n) is 9.07. The van der Waals surface area contributed by atoms with Crippen molar-refractivity contribution in [2.24, 2.45) is 7.05 Å². The molecule has 0 unspecified atom stereocenters. The maximum atomic E-state index is 12.9. The maximum absolute atomic E-state index is 12.9. The Morgan fingerprint density at radius 1 is 0.789 bits per heavy atom. The van der Waals surface area contributed by atoms with Gasteiger partial charge < -0.3 is 33.3 Å². The zero-order valence-electron chi connectivity index (χ0n) is 21.4. The van der Waals surface area contributed by atoms with Crippen molar-refractivity contribution in [3.63, 3.8) is 0 Å². The minimum absolute atomic E-state index is 0. The van der Waals surface area contributed by atoms with Crippen LogP contribution in [0.15, 0.2) is 104 Å². The van der Waals surface area contributed by atoms with E-state index in [4.69, 9.17) is 0 Å². The van der Waals surface area contributed by atoms with E-state index in [1.54, 1.807) is 6.20 Å². The van der Waals surface area contributed by atoms with Gasteiger partial charge in [-0.15, -0.1) is 0 Å². The van der Waals surface area contributed by atoms with E-state index >= 15 is 0 Å². The molecule has 5 rings (SSSR count). The number of hydrogen-bond donors (Lipinski definition) is 3. The number of halogens is 1. The fourth-order valence-corrected chi connectivity index (χ4v) is 4.01. The molecule has 0 atom stereocenters. The number of carbonyl (C=O) groups excluding carboxylic acids is 1. The molecule has 0 spiro atoms. The molecule has 2 aromatic heterocycles. The lowest BCUT2D eigenvalue weighted by Gasteiger charge is -2.15. The molecule has 192 valence electrons. The van der Waals surface area contributed by atoms with Crippen LogP contribution in [-0.2, 0) is 7.05 Å². The normalized spacial score (nSPS) is 10.4. The molecule has 5 aromatic rings. The van der Waals surface area contributed by atoms with Gasteiger partial charge in [0.1, 0.15) is 7.05 Å². The number of amides is 1. The number of aromatic nitrogens is 2. The van der Waals surface area contributed by atoms with Gasteiger partial charge in [0.2, 0.25) is 0 Å². The zero-order chi connectivity index (χ0) is 25.8. The summed E-state index contributed by atoms with van der Waals surface area (Å²) in [7, 11) is 6.01. The molecule has 3 N–H and O–H groups in total. The number of nitrogens with zero attached hydrogens (tertiary/aromatic N) is 3. The number of fused-ring (bicyclic) bond motifs is 1. The third-order valence-corrected chi connectivity index (χ3v) is 6.06. The maximum Gasteiger partial charge on any atom is 0.255 e. The van der Waals surface area contributed by atoms with Gasteiger partial charge in [-0.3, -0.25) is 9.78 Å². The van der Waals surface area contributed by atoms with Crippen molar-refractivity contribution >= 4 is 50.9 Å². The van der Waals surface area contributed by atoms with Crippen molar-refractivity contribution < 1.29 is 21.8 Å². The van der Waals surface area contributed by atoms with Crippen molar-refractivity contribution in [3.05, 3.63) is 109 Å². The SMILES string of the molecule is CN(C)c1ccc2nccc(Nc3ccc(C(=O)Nc4cccc(Nc5cc[n+](C)cc5)c4)cc3)c2c1.[Cl-]. The van der Waals surface area contributed by atoms with Crippen molar-refractivity contribution in [2.45, 2.75) is 0 Å². The summed E-state index contributed by atoms with van der Waals surface area (Å²) in [5, 5.41) is 10.8. The summed E-state index contributed by atoms with van der Waals surface area (Å²) in [6.45, 7) is 0. The number of nitrogens with one attached hydrogen (secondary N) is 3. The molecular weight excluding hydrogens is 496 g/mol. The largest absolute Gasteiger partial charge is 1.00 e. The van der Waals surface area contributed by atoms with Crippen LogP contribution in [0.3, 0.4) is 0 Å². The van der Waals surface area contributed by atoms with E-state index in [1.807, 2.05) is 111 Å². The number of aryl methyl sites for hydroxylation is 1. The predicted octanol–water partition coefficient (Wildman–Crippen LogP) is 2.87. The third kappa shape index (κ3) is 6.19. The number of anilines is 6. The van der Waals surface area contributed by atoms with Gasteiger partial charge in [0.15, 0.2) is 12.4 Å². The van der Waals surface area contributed by atoms with Gasteiger partial charge in [0.25, 0.3) is 5.91 Å². The second kappa shape index (κ2) is 11.6. The van der Waals surface area contributed by atoms with Crippen LogP contribution < -0.4 is 37.8 Å². The number of pyridine rings is 2. The van der Waals surface area contributed by atoms with E-state index in [-0.39, 0.29) is 18.3 Å². The van der Waals surface area contributed by atoms with Gasteiger partial charge >= 0.3 is 0 Å². The van der Waals surface area contributed by atoms with Crippen LogP contribution in [0.4, 0.5) is 34.1 Å². The molecule has 0 aliphatic carbocycles. The number of benzene rings is 3. The fourth-order valence-electron chi connectivity index (χ4n) is 4.01. The van der Waals surface area contributed by atoms with Gasteiger partial charge in [-0.1, -0.05) is 6.07 Å². The molecule has 0 aliphatic heterocycles. The Hall–Kier alpha value is -4.62. The average Bonchev–Trinajstić information content (AvgIpc) is 2.90. The first kappa shape index (κ1) is 26.4. The highest BCUT2D eigenvalue weighted by molar-refractivity contribution is 6.04. The summed E-state index contributed by atoms with van der Waals surface area (Å²) < 4.78 is 1.98. The lowest BCUT2D eigenvalue weighted by Crippen LogP contribution is -3.00.